The van der Waals surface area contributed by atoms with Gasteiger partial charge >= 0.3 is 0 Å². The van der Waals surface area contributed by atoms with Crippen LogP contribution in [0.15, 0.2) is 23.3 Å². The van der Waals surface area contributed by atoms with Crippen LogP contribution in [0.4, 0.5) is 0 Å². The van der Waals surface area contributed by atoms with Gasteiger partial charge in [0.1, 0.15) is 4.84 Å². The monoisotopic (exact) mass is 570 g/mol. The van der Waals surface area contributed by atoms with Gasteiger partial charge in [-0.15, -0.1) is 23.2 Å². The number of hydrogen-bond acceptors (Lipinski definition) is 1. The van der Waals surface area contributed by atoms with Crippen molar-refractivity contribution in [1.82, 2.24) is 0 Å². The van der Waals surface area contributed by atoms with Crippen LogP contribution in [-0.4, -0.2) is 22.3 Å². The minimum Gasteiger partial charge on any atom is -0.385 e. The number of halogens is 4. The second-order valence-corrected chi connectivity index (χ2v) is 13.1. The lowest BCUT2D eigenvalue weighted by atomic mass is 9.77. The average molecular weight is 573 g/mol. The van der Waals surface area contributed by atoms with Crippen LogP contribution in [0.5, 0.6) is 0 Å². The van der Waals surface area contributed by atoms with Crippen LogP contribution < -0.4 is 0 Å². The van der Waals surface area contributed by atoms with Gasteiger partial charge in [-0.1, -0.05) is 89.1 Å². The summed E-state index contributed by atoms with van der Waals surface area (Å²) in [7, 11) is 1.75. The van der Waals surface area contributed by atoms with Gasteiger partial charge in [0.25, 0.3) is 0 Å². The summed E-state index contributed by atoms with van der Waals surface area (Å²) >= 11 is 19.3. The number of rotatable bonds is 12. The zero-order valence-electron chi connectivity index (χ0n) is 18.9. The fourth-order valence-electron chi connectivity index (χ4n) is 3.61. The van der Waals surface area contributed by atoms with Gasteiger partial charge in [-0.25, -0.2) is 0 Å². The Bertz CT molecular complexity index is 580. The Morgan fingerprint density at radius 3 is 2.24 bits per heavy atom. The molecule has 1 nitrogen and oxygen atoms in total. The fraction of sp³-hybridized carbons (Fsp3) is 0.750. The molecule has 0 spiro atoms. The number of hydrogen-bond donors (Lipinski definition) is 0. The Kier molecular flexibility index (Phi) is 15.6. The first-order chi connectivity index (χ1) is 13.5. The van der Waals surface area contributed by atoms with E-state index in [0.29, 0.717) is 0 Å². The van der Waals surface area contributed by atoms with Crippen LogP contribution in [0.2, 0.25) is 0 Å². The SMILES string of the molecule is CC=CC(C#CC(CCC(Cl)Cl)=C(CC)C(C)(C)C)(CCCOC)CCC(Br)Br. The molecule has 1 atom stereocenters. The first-order valence-corrected chi connectivity index (χ1v) is 13.2. The molecular weight excluding hydrogens is 535 g/mol. The normalized spacial score (nSPS) is 15.4. The maximum atomic E-state index is 6.05. The van der Waals surface area contributed by atoms with E-state index >= 15 is 0 Å². The third-order valence-electron chi connectivity index (χ3n) is 4.96. The summed E-state index contributed by atoms with van der Waals surface area (Å²) in [6.45, 7) is 11.8. The summed E-state index contributed by atoms with van der Waals surface area (Å²) in [4.78, 5) is -0.366. The van der Waals surface area contributed by atoms with Crippen LogP contribution in [0, 0.1) is 22.7 Å². The van der Waals surface area contributed by atoms with Crippen LogP contribution in [0.1, 0.15) is 79.6 Å². The van der Waals surface area contributed by atoms with E-state index in [4.69, 9.17) is 27.9 Å². The van der Waals surface area contributed by atoms with E-state index in [-0.39, 0.29) is 19.4 Å². The lowest BCUT2D eigenvalue weighted by Crippen LogP contribution is -2.18. The van der Waals surface area contributed by atoms with Gasteiger partial charge in [-0.3, -0.25) is 0 Å². The van der Waals surface area contributed by atoms with Crippen molar-refractivity contribution in [2.75, 3.05) is 13.7 Å². The van der Waals surface area contributed by atoms with Gasteiger partial charge in [0.15, 0.2) is 0 Å². The molecule has 0 aliphatic rings. The molecule has 168 valence electrons. The Balaban J connectivity index is 6.18. The van der Waals surface area contributed by atoms with E-state index in [1.165, 1.54) is 11.1 Å². The van der Waals surface area contributed by atoms with Gasteiger partial charge in [0.2, 0.25) is 0 Å². The van der Waals surface area contributed by atoms with Gasteiger partial charge in [-0.05, 0) is 57.3 Å². The van der Waals surface area contributed by atoms with Crippen molar-refractivity contribution in [3.63, 3.8) is 0 Å². The van der Waals surface area contributed by atoms with Gasteiger partial charge < -0.3 is 4.74 Å². The quantitative estimate of drug-likeness (QED) is 0.0980. The smallest absolute Gasteiger partial charge is 0.108 e. The van der Waals surface area contributed by atoms with Crippen molar-refractivity contribution in [2.24, 2.45) is 10.8 Å². The lowest BCUT2D eigenvalue weighted by molar-refractivity contribution is 0.183. The van der Waals surface area contributed by atoms with Gasteiger partial charge in [-0.2, -0.15) is 0 Å². The van der Waals surface area contributed by atoms with E-state index in [2.05, 4.69) is 90.5 Å². The zero-order valence-corrected chi connectivity index (χ0v) is 23.6. The van der Waals surface area contributed by atoms with Crippen molar-refractivity contribution in [1.29, 1.82) is 0 Å². The highest BCUT2D eigenvalue weighted by Crippen LogP contribution is 2.36. The summed E-state index contributed by atoms with van der Waals surface area (Å²) < 4.78 is 5.59. The molecule has 1 unspecified atom stereocenters. The van der Waals surface area contributed by atoms with Crippen LogP contribution in [-0.2, 0) is 4.74 Å². The van der Waals surface area contributed by atoms with E-state index in [0.717, 1.165) is 51.6 Å². The van der Waals surface area contributed by atoms with E-state index in [9.17, 15) is 0 Å². The first kappa shape index (κ1) is 29.5. The van der Waals surface area contributed by atoms with E-state index in [1.807, 2.05) is 0 Å². The average Bonchev–Trinajstić information content (AvgIpc) is 2.61. The molecule has 0 aromatic carbocycles. The van der Waals surface area contributed by atoms with Crippen molar-refractivity contribution < 1.29 is 4.74 Å². The second-order valence-electron chi connectivity index (χ2n) is 8.42. The third-order valence-corrected chi connectivity index (χ3v) is 6.32. The summed E-state index contributed by atoms with van der Waals surface area (Å²) in [5.41, 5.74) is 2.49. The van der Waals surface area contributed by atoms with Gasteiger partial charge in [0.05, 0.1) is 3.74 Å². The molecule has 29 heavy (non-hydrogen) atoms. The highest BCUT2D eigenvalue weighted by molar-refractivity contribution is 9.24. The van der Waals surface area contributed by atoms with Crippen molar-refractivity contribution >= 4 is 55.1 Å². The molecule has 0 aromatic heterocycles. The fourth-order valence-corrected chi connectivity index (χ4v) is 4.29. The molecule has 0 aliphatic heterocycles. The number of alkyl halides is 4. The zero-order chi connectivity index (χ0) is 22.5. The van der Waals surface area contributed by atoms with Crippen molar-refractivity contribution in [3.05, 3.63) is 23.3 Å². The predicted octanol–water partition coefficient (Wildman–Crippen LogP) is 9.21. The van der Waals surface area contributed by atoms with E-state index in [1.54, 1.807) is 7.11 Å². The molecule has 0 fully saturated rings. The minimum absolute atomic E-state index is 0.0724. The Hall–Kier alpha value is 0.540. The molecule has 0 N–H and O–H groups in total. The largest absolute Gasteiger partial charge is 0.385 e. The second kappa shape index (κ2) is 15.4. The number of allylic oxidation sites excluding steroid dienone is 4. The summed E-state index contributed by atoms with van der Waals surface area (Å²) in [6.07, 6.45) is 10.8. The molecule has 0 heterocycles. The highest BCUT2D eigenvalue weighted by Gasteiger charge is 2.26. The summed E-state index contributed by atoms with van der Waals surface area (Å²) in [6, 6.07) is 0. The molecule has 5 heteroatoms. The molecular formula is C24H38Br2Cl2O. The number of methoxy groups -OCH3 is 1. The molecule has 0 rings (SSSR count). The standard InChI is InChI=1S/C24H38Br2Cl2O/c1-7-14-24(15-9-18-29-6,17-13-21(25)26)16-12-19(10-11-22(27)28)20(8-2)23(3,4)5/h7,14,21-22H,8-11,13,15,17-18H2,1-6H3. The highest BCUT2D eigenvalue weighted by atomic mass is 79.9. The van der Waals surface area contributed by atoms with E-state index < -0.39 is 0 Å². The molecule has 0 aromatic rings. The maximum Gasteiger partial charge on any atom is 0.108 e. The van der Waals surface area contributed by atoms with Crippen molar-refractivity contribution in [3.8, 4) is 11.8 Å². The molecule has 0 radical (unpaired) electrons. The lowest BCUT2D eigenvalue weighted by Gasteiger charge is -2.27. The molecule has 0 saturated carbocycles. The minimum atomic E-state index is -0.366. The molecule has 0 amide bonds. The number of ether oxygens (including phenoxy) is 1. The topological polar surface area (TPSA) is 9.23 Å². The summed E-state index contributed by atoms with van der Waals surface area (Å²) in [5, 5.41) is 0. The molecule has 0 saturated heterocycles. The first-order valence-electron chi connectivity index (χ1n) is 10.5. The molecule has 0 bridgehead atoms. The third kappa shape index (κ3) is 12.9. The van der Waals surface area contributed by atoms with Crippen LogP contribution in [0.3, 0.4) is 0 Å². The van der Waals surface area contributed by atoms with Gasteiger partial charge in [0, 0.05) is 24.7 Å². The Morgan fingerprint density at radius 2 is 1.79 bits per heavy atom. The van der Waals surface area contributed by atoms with Crippen LogP contribution >= 0.6 is 55.1 Å². The summed E-state index contributed by atoms with van der Waals surface area (Å²) in [5.74, 6) is 7.28. The van der Waals surface area contributed by atoms with Crippen molar-refractivity contribution in [2.45, 2.75) is 88.1 Å². The Labute approximate surface area is 206 Å². The molecule has 0 aliphatic carbocycles. The Morgan fingerprint density at radius 1 is 1.14 bits per heavy atom. The maximum absolute atomic E-state index is 6.05. The van der Waals surface area contributed by atoms with Crippen LogP contribution in [0.25, 0.3) is 0 Å². The predicted molar refractivity (Wildman–Crippen MR) is 139 cm³/mol.